The first-order valence-electron chi connectivity index (χ1n) is 12.4. The Labute approximate surface area is 230 Å². The SMILES string of the molecule is C=C(CN(CC(CC=C(c1ccccc1)c1ccccc1)C(=O)OC)S(=O)(=O)c1ccc(C)cc1)C(=O)OC. The summed E-state index contributed by atoms with van der Waals surface area (Å²) in [6, 6.07) is 25.8. The van der Waals surface area contributed by atoms with Gasteiger partial charge in [-0.1, -0.05) is 91.0 Å². The molecule has 3 aromatic rings. The van der Waals surface area contributed by atoms with Gasteiger partial charge in [-0.3, -0.25) is 4.79 Å². The predicted molar refractivity (Wildman–Crippen MR) is 151 cm³/mol. The number of carbonyl (C=O) groups excluding carboxylic acids is 2. The number of allylic oxidation sites excluding steroid dienone is 1. The average molecular weight is 548 g/mol. The van der Waals surface area contributed by atoms with Crippen molar-refractivity contribution in [2.75, 3.05) is 27.3 Å². The Bertz CT molecular complexity index is 1370. The number of carbonyl (C=O) groups is 2. The highest BCUT2D eigenvalue weighted by Gasteiger charge is 2.32. The molecule has 0 aliphatic heterocycles. The first-order valence-corrected chi connectivity index (χ1v) is 13.8. The molecule has 39 heavy (non-hydrogen) atoms. The van der Waals surface area contributed by atoms with Crippen LogP contribution < -0.4 is 0 Å². The van der Waals surface area contributed by atoms with Crippen LogP contribution in [0.2, 0.25) is 0 Å². The first-order chi connectivity index (χ1) is 18.7. The molecular formula is C31H33NO6S. The quantitative estimate of drug-likeness (QED) is 0.234. The number of ether oxygens (including phenoxy) is 2. The molecule has 3 aromatic carbocycles. The molecule has 0 saturated carbocycles. The minimum Gasteiger partial charge on any atom is -0.469 e. The fourth-order valence-corrected chi connectivity index (χ4v) is 5.56. The average Bonchev–Trinajstić information content (AvgIpc) is 2.96. The molecule has 0 fully saturated rings. The molecule has 0 aromatic heterocycles. The monoisotopic (exact) mass is 547 g/mol. The third kappa shape index (κ3) is 7.75. The van der Waals surface area contributed by atoms with Gasteiger partial charge in [0.25, 0.3) is 0 Å². The van der Waals surface area contributed by atoms with Gasteiger partial charge in [0.2, 0.25) is 10.0 Å². The van der Waals surface area contributed by atoms with Crippen molar-refractivity contribution in [1.82, 2.24) is 4.31 Å². The van der Waals surface area contributed by atoms with Gasteiger partial charge in [-0.2, -0.15) is 4.31 Å². The number of nitrogens with zero attached hydrogens (tertiary/aromatic N) is 1. The Hall–Kier alpha value is -4.01. The van der Waals surface area contributed by atoms with Gasteiger partial charge >= 0.3 is 11.9 Å². The minimum atomic E-state index is -4.10. The van der Waals surface area contributed by atoms with Crippen LogP contribution in [0.15, 0.2) is 108 Å². The highest BCUT2D eigenvalue weighted by atomic mass is 32.2. The van der Waals surface area contributed by atoms with Gasteiger partial charge in [0.1, 0.15) is 0 Å². The Morgan fingerprint density at radius 2 is 1.41 bits per heavy atom. The summed E-state index contributed by atoms with van der Waals surface area (Å²) in [6.45, 7) is 4.98. The number of esters is 2. The maximum absolute atomic E-state index is 13.7. The van der Waals surface area contributed by atoms with E-state index in [0.29, 0.717) is 0 Å². The van der Waals surface area contributed by atoms with Crippen molar-refractivity contribution in [3.63, 3.8) is 0 Å². The van der Waals surface area contributed by atoms with Crippen LogP contribution in [0.1, 0.15) is 23.1 Å². The maximum Gasteiger partial charge on any atom is 0.334 e. The zero-order valence-electron chi connectivity index (χ0n) is 22.4. The Kier molecular flexibility index (Phi) is 10.4. The van der Waals surface area contributed by atoms with E-state index < -0.39 is 27.9 Å². The van der Waals surface area contributed by atoms with Crippen molar-refractivity contribution >= 4 is 27.5 Å². The fourth-order valence-electron chi connectivity index (χ4n) is 4.08. The van der Waals surface area contributed by atoms with Gasteiger partial charge < -0.3 is 9.47 Å². The van der Waals surface area contributed by atoms with Crippen molar-refractivity contribution in [2.24, 2.45) is 5.92 Å². The smallest absolute Gasteiger partial charge is 0.334 e. The number of hydrogen-bond acceptors (Lipinski definition) is 6. The third-order valence-electron chi connectivity index (χ3n) is 6.23. The molecule has 0 bridgehead atoms. The van der Waals surface area contributed by atoms with Crippen molar-refractivity contribution in [1.29, 1.82) is 0 Å². The summed E-state index contributed by atoms with van der Waals surface area (Å²) in [7, 11) is -1.64. The summed E-state index contributed by atoms with van der Waals surface area (Å²) in [5, 5.41) is 0. The van der Waals surface area contributed by atoms with Crippen molar-refractivity contribution in [3.8, 4) is 0 Å². The molecule has 0 aliphatic rings. The van der Waals surface area contributed by atoms with E-state index in [4.69, 9.17) is 9.47 Å². The van der Waals surface area contributed by atoms with Crippen LogP contribution in [-0.2, 0) is 29.1 Å². The predicted octanol–water partition coefficient (Wildman–Crippen LogP) is 5.03. The van der Waals surface area contributed by atoms with E-state index >= 15 is 0 Å². The summed E-state index contributed by atoms with van der Waals surface area (Å²) in [4.78, 5) is 25.1. The van der Waals surface area contributed by atoms with Gasteiger partial charge in [0, 0.05) is 18.7 Å². The second-order valence-corrected chi connectivity index (χ2v) is 10.9. The molecule has 7 nitrogen and oxygen atoms in total. The lowest BCUT2D eigenvalue weighted by Crippen LogP contribution is -2.40. The molecule has 8 heteroatoms. The molecule has 0 saturated heterocycles. The molecule has 0 heterocycles. The van der Waals surface area contributed by atoms with Crippen LogP contribution in [0.5, 0.6) is 0 Å². The number of hydrogen-bond donors (Lipinski definition) is 0. The van der Waals surface area contributed by atoms with Gasteiger partial charge in [-0.15, -0.1) is 0 Å². The topological polar surface area (TPSA) is 90.0 Å². The van der Waals surface area contributed by atoms with Crippen LogP contribution in [0.25, 0.3) is 5.57 Å². The summed E-state index contributed by atoms with van der Waals surface area (Å²) < 4.78 is 38.2. The molecule has 1 unspecified atom stereocenters. The van der Waals surface area contributed by atoms with E-state index in [0.717, 1.165) is 26.6 Å². The molecule has 0 aliphatic carbocycles. The second kappa shape index (κ2) is 13.7. The second-order valence-electron chi connectivity index (χ2n) is 9.01. The van der Waals surface area contributed by atoms with Crippen LogP contribution in [0.4, 0.5) is 0 Å². The van der Waals surface area contributed by atoms with Crippen LogP contribution >= 0.6 is 0 Å². The van der Waals surface area contributed by atoms with E-state index in [1.54, 1.807) is 12.1 Å². The fraction of sp³-hybridized carbons (Fsp3) is 0.226. The van der Waals surface area contributed by atoms with Crippen molar-refractivity contribution < 1.29 is 27.5 Å². The lowest BCUT2D eigenvalue weighted by Gasteiger charge is -2.26. The Balaban J connectivity index is 2.01. The Morgan fingerprint density at radius 3 is 1.90 bits per heavy atom. The van der Waals surface area contributed by atoms with Crippen LogP contribution in [-0.4, -0.2) is 52.0 Å². The number of benzene rings is 3. The van der Waals surface area contributed by atoms with E-state index in [-0.39, 0.29) is 30.0 Å². The van der Waals surface area contributed by atoms with E-state index in [1.807, 2.05) is 73.7 Å². The zero-order valence-corrected chi connectivity index (χ0v) is 23.2. The van der Waals surface area contributed by atoms with E-state index in [2.05, 4.69) is 6.58 Å². The summed E-state index contributed by atoms with van der Waals surface area (Å²) in [5.74, 6) is -2.16. The highest BCUT2D eigenvalue weighted by Crippen LogP contribution is 2.27. The first kappa shape index (κ1) is 29.5. The molecule has 0 spiro atoms. The highest BCUT2D eigenvalue weighted by molar-refractivity contribution is 7.89. The number of methoxy groups -OCH3 is 2. The lowest BCUT2D eigenvalue weighted by molar-refractivity contribution is -0.145. The lowest BCUT2D eigenvalue weighted by atomic mass is 9.94. The summed E-state index contributed by atoms with van der Waals surface area (Å²) in [5.41, 5.74) is 3.65. The number of aryl methyl sites for hydroxylation is 1. The number of sulfonamides is 1. The molecular weight excluding hydrogens is 514 g/mol. The molecule has 0 N–H and O–H groups in total. The van der Waals surface area contributed by atoms with Crippen LogP contribution in [0.3, 0.4) is 0 Å². The van der Waals surface area contributed by atoms with Crippen LogP contribution in [0, 0.1) is 12.8 Å². The minimum absolute atomic E-state index is 0.0409. The summed E-state index contributed by atoms with van der Waals surface area (Å²) >= 11 is 0. The van der Waals surface area contributed by atoms with Gasteiger partial charge in [-0.25, -0.2) is 13.2 Å². The maximum atomic E-state index is 13.7. The van der Waals surface area contributed by atoms with Crippen molar-refractivity contribution in [3.05, 3.63) is 120 Å². The summed E-state index contributed by atoms with van der Waals surface area (Å²) in [6.07, 6.45) is 2.11. The normalized spacial score (nSPS) is 11.9. The van der Waals surface area contributed by atoms with Gasteiger partial charge in [0.15, 0.2) is 0 Å². The van der Waals surface area contributed by atoms with E-state index in [9.17, 15) is 18.0 Å². The zero-order chi connectivity index (χ0) is 28.4. The third-order valence-corrected chi connectivity index (χ3v) is 8.06. The van der Waals surface area contributed by atoms with Crippen molar-refractivity contribution in [2.45, 2.75) is 18.2 Å². The Morgan fingerprint density at radius 1 is 0.872 bits per heavy atom. The molecule has 0 amide bonds. The van der Waals surface area contributed by atoms with Gasteiger partial charge in [-0.05, 0) is 42.2 Å². The molecule has 0 radical (unpaired) electrons. The molecule has 3 rings (SSSR count). The molecule has 204 valence electrons. The van der Waals surface area contributed by atoms with Gasteiger partial charge in [0.05, 0.1) is 25.0 Å². The molecule has 1 atom stereocenters. The number of rotatable bonds is 12. The largest absolute Gasteiger partial charge is 0.469 e. The standard InChI is InChI=1S/C31H33NO6S/c1-23-15-18-28(19-16-23)39(35,36)32(21-24(2)30(33)37-3)22-27(31(34)38-4)17-20-29(25-11-7-5-8-12-25)26-13-9-6-10-14-26/h5-16,18-20,27H,2,17,21-22H2,1,3-4H3. The van der Waals surface area contributed by atoms with E-state index in [1.165, 1.54) is 26.4 Å².